The fourth-order valence-corrected chi connectivity index (χ4v) is 5.98. The Bertz CT molecular complexity index is 1320. The van der Waals surface area contributed by atoms with Gasteiger partial charge in [-0.25, -0.2) is 8.42 Å². The Morgan fingerprint density at radius 3 is 2.50 bits per heavy atom. The van der Waals surface area contributed by atoms with Crippen molar-refractivity contribution in [3.05, 3.63) is 93.5 Å². The van der Waals surface area contributed by atoms with Crippen LogP contribution in [0.3, 0.4) is 0 Å². The average Bonchev–Trinajstić information content (AvgIpc) is 2.82. The molecule has 1 aliphatic carbocycles. The first-order chi connectivity index (χ1) is 16.3. The molecule has 5 nitrogen and oxygen atoms in total. The Morgan fingerprint density at radius 2 is 1.76 bits per heavy atom. The first-order valence-corrected chi connectivity index (χ1v) is 13.4. The van der Waals surface area contributed by atoms with Gasteiger partial charge in [-0.2, -0.15) is 0 Å². The third-order valence-corrected chi connectivity index (χ3v) is 8.10. The molecule has 3 aromatic rings. The Hall–Kier alpha value is -2.83. The maximum atomic E-state index is 13.1. The Balaban J connectivity index is 1.56. The highest BCUT2D eigenvalue weighted by Crippen LogP contribution is 2.28. The van der Waals surface area contributed by atoms with E-state index in [1.54, 1.807) is 24.3 Å². The van der Waals surface area contributed by atoms with Gasteiger partial charge in [0.1, 0.15) is 4.90 Å². The molecule has 0 fully saturated rings. The van der Waals surface area contributed by atoms with E-state index >= 15 is 0 Å². The van der Waals surface area contributed by atoms with Crippen molar-refractivity contribution in [3.8, 4) is 0 Å². The van der Waals surface area contributed by atoms with Crippen LogP contribution in [-0.2, 0) is 22.9 Å². The van der Waals surface area contributed by atoms with Crippen LogP contribution in [-0.4, -0.2) is 14.3 Å². The number of halogens is 1. The van der Waals surface area contributed by atoms with Crippen molar-refractivity contribution in [2.45, 2.75) is 56.9 Å². The summed E-state index contributed by atoms with van der Waals surface area (Å²) < 4.78 is 28.6. The molecule has 7 heteroatoms. The number of hydrogen-bond acceptors (Lipinski definition) is 3. The van der Waals surface area contributed by atoms with Crippen molar-refractivity contribution in [1.29, 1.82) is 0 Å². The third-order valence-electron chi connectivity index (χ3n) is 6.24. The van der Waals surface area contributed by atoms with Crippen molar-refractivity contribution >= 4 is 33.2 Å². The number of fused-ring (bicyclic) bond motifs is 1. The highest BCUT2D eigenvalue weighted by Gasteiger charge is 2.22. The Labute approximate surface area is 206 Å². The molecule has 2 N–H and O–H groups in total. The number of anilines is 1. The lowest BCUT2D eigenvalue weighted by Crippen LogP contribution is -2.28. The highest BCUT2D eigenvalue weighted by atomic mass is 35.5. The largest absolute Gasteiger partial charge is 0.345 e. The molecule has 0 aliphatic heterocycles. The lowest BCUT2D eigenvalue weighted by atomic mass is 9.88. The standard InChI is InChI=1S/C27H29ClN2O3S/c1-3-25(21-12-11-19-8-4-5-9-20(19)16-21)29-27(31)22-13-14-24(28)26(17-22)34(32,33)30-23-10-6-7-18(2)15-23/h6-7,10-17,25,30H,3-5,8-9H2,1-2H3,(H,29,31). The quantitative estimate of drug-likeness (QED) is 0.408. The summed E-state index contributed by atoms with van der Waals surface area (Å²) in [5, 5.41) is 3.12. The molecule has 0 bridgehead atoms. The second-order valence-corrected chi connectivity index (χ2v) is 10.8. The van der Waals surface area contributed by atoms with E-state index in [0.29, 0.717) is 5.69 Å². The Morgan fingerprint density at radius 1 is 1.00 bits per heavy atom. The monoisotopic (exact) mass is 496 g/mol. The first-order valence-electron chi connectivity index (χ1n) is 11.6. The van der Waals surface area contributed by atoms with Crippen LogP contribution in [0.15, 0.2) is 65.6 Å². The second kappa shape index (κ2) is 10.2. The molecule has 0 aromatic heterocycles. The van der Waals surface area contributed by atoms with E-state index < -0.39 is 10.0 Å². The minimum absolute atomic E-state index is 0.0541. The van der Waals surface area contributed by atoms with Crippen LogP contribution < -0.4 is 10.0 Å². The molecule has 1 unspecified atom stereocenters. The SMILES string of the molecule is CCC(NC(=O)c1ccc(Cl)c(S(=O)(=O)Nc2cccc(C)c2)c1)c1ccc2c(c1)CCCC2. The van der Waals surface area contributed by atoms with E-state index in [1.165, 1.54) is 36.1 Å². The fraction of sp³-hybridized carbons (Fsp3) is 0.296. The van der Waals surface area contributed by atoms with E-state index in [-0.39, 0.29) is 27.4 Å². The van der Waals surface area contributed by atoms with Crippen LogP contribution >= 0.6 is 11.6 Å². The van der Waals surface area contributed by atoms with E-state index in [1.807, 2.05) is 19.9 Å². The van der Waals surface area contributed by atoms with E-state index in [4.69, 9.17) is 11.6 Å². The van der Waals surface area contributed by atoms with Gasteiger partial charge >= 0.3 is 0 Å². The molecule has 3 aromatic carbocycles. The van der Waals surface area contributed by atoms with E-state index in [9.17, 15) is 13.2 Å². The van der Waals surface area contributed by atoms with Gasteiger partial charge in [0.05, 0.1) is 11.1 Å². The van der Waals surface area contributed by atoms with Gasteiger partial charge in [0, 0.05) is 11.3 Å². The number of rotatable bonds is 7. The van der Waals surface area contributed by atoms with Gasteiger partial charge in [0.15, 0.2) is 0 Å². The molecular formula is C27H29ClN2O3S. The zero-order valence-corrected chi connectivity index (χ0v) is 21.0. The lowest BCUT2D eigenvalue weighted by molar-refractivity contribution is 0.0935. The number of hydrogen-bond donors (Lipinski definition) is 2. The molecule has 34 heavy (non-hydrogen) atoms. The van der Waals surface area contributed by atoms with Crippen LogP contribution in [0.5, 0.6) is 0 Å². The van der Waals surface area contributed by atoms with Gasteiger partial charge in [-0.1, -0.05) is 48.9 Å². The van der Waals surface area contributed by atoms with Gasteiger partial charge in [0.25, 0.3) is 15.9 Å². The predicted molar refractivity (Wildman–Crippen MR) is 137 cm³/mol. The van der Waals surface area contributed by atoms with Crippen molar-refractivity contribution < 1.29 is 13.2 Å². The summed E-state index contributed by atoms with van der Waals surface area (Å²) in [5.41, 5.74) is 5.42. The molecule has 0 saturated carbocycles. The topological polar surface area (TPSA) is 75.3 Å². The smallest absolute Gasteiger partial charge is 0.263 e. The van der Waals surface area contributed by atoms with Crippen molar-refractivity contribution in [2.75, 3.05) is 4.72 Å². The predicted octanol–water partition coefficient (Wildman–Crippen LogP) is 6.21. The molecule has 1 atom stereocenters. The summed E-state index contributed by atoms with van der Waals surface area (Å²) in [6, 6.07) is 17.6. The van der Waals surface area contributed by atoms with Crippen LogP contribution in [0, 0.1) is 6.92 Å². The van der Waals surface area contributed by atoms with Crippen molar-refractivity contribution in [3.63, 3.8) is 0 Å². The number of nitrogens with one attached hydrogen (secondary N) is 2. The van der Waals surface area contributed by atoms with Crippen LogP contribution in [0.25, 0.3) is 0 Å². The van der Waals surface area contributed by atoms with Gasteiger partial charge in [0.2, 0.25) is 0 Å². The highest BCUT2D eigenvalue weighted by molar-refractivity contribution is 7.92. The summed E-state index contributed by atoms with van der Waals surface area (Å²) in [7, 11) is -3.98. The summed E-state index contributed by atoms with van der Waals surface area (Å²) >= 11 is 6.23. The molecule has 0 heterocycles. The molecular weight excluding hydrogens is 468 g/mol. The molecule has 0 radical (unpaired) electrons. The summed E-state index contributed by atoms with van der Waals surface area (Å²) in [6.07, 6.45) is 5.31. The van der Waals surface area contributed by atoms with Crippen molar-refractivity contribution in [1.82, 2.24) is 5.32 Å². The number of carbonyl (C=O) groups excluding carboxylic acids is 1. The zero-order valence-electron chi connectivity index (χ0n) is 19.4. The van der Waals surface area contributed by atoms with Gasteiger partial charge in [-0.15, -0.1) is 0 Å². The summed E-state index contributed by atoms with van der Waals surface area (Å²) in [5.74, 6) is -0.340. The fourth-order valence-electron chi connectivity index (χ4n) is 4.40. The number of amides is 1. The molecule has 1 amide bonds. The van der Waals surface area contributed by atoms with Crippen LogP contribution in [0.1, 0.15) is 64.8 Å². The van der Waals surface area contributed by atoms with E-state index in [0.717, 1.165) is 30.4 Å². The third kappa shape index (κ3) is 5.45. The number of aryl methyl sites for hydroxylation is 3. The molecule has 0 saturated heterocycles. The van der Waals surface area contributed by atoms with Gasteiger partial charge in [-0.05, 0) is 91.6 Å². The van der Waals surface area contributed by atoms with Crippen LogP contribution in [0.2, 0.25) is 5.02 Å². The number of benzene rings is 3. The maximum absolute atomic E-state index is 13.1. The minimum Gasteiger partial charge on any atom is -0.345 e. The second-order valence-electron chi connectivity index (χ2n) is 8.79. The first kappa shape index (κ1) is 24.3. The molecule has 1 aliphatic rings. The van der Waals surface area contributed by atoms with Gasteiger partial charge in [-0.3, -0.25) is 9.52 Å². The number of carbonyl (C=O) groups is 1. The normalized spacial score (nSPS) is 14.2. The Kier molecular flexibility index (Phi) is 7.29. The van der Waals surface area contributed by atoms with Gasteiger partial charge < -0.3 is 5.32 Å². The van der Waals surface area contributed by atoms with Crippen molar-refractivity contribution in [2.24, 2.45) is 0 Å². The lowest BCUT2D eigenvalue weighted by Gasteiger charge is -2.22. The summed E-state index contributed by atoms with van der Waals surface area (Å²) in [4.78, 5) is 13.0. The number of sulfonamides is 1. The molecule has 178 valence electrons. The zero-order chi connectivity index (χ0) is 24.3. The minimum atomic E-state index is -3.98. The van der Waals surface area contributed by atoms with Crippen LogP contribution in [0.4, 0.5) is 5.69 Å². The maximum Gasteiger partial charge on any atom is 0.263 e. The van der Waals surface area contributed by atoms with E-state index in [2.05, 4.69) is 28.2 Å². The average molecular weight is 497 g/mol. The summed E-state index contributed by atoms with van der Waals surface area (Å²) in [6.45, 7) is 3.90. The molecule has 4 rings (SSSR count). The molecule has 0 spiro atoms.